The van der Waals surface area contributed by atoms with Crippen LogP contribution in [0.4, 0.5) is 0 Å². The highest BCUT2D eigenvalue weighted by Gasteiger charge is 2.39. The molecule has 1 saturated carbocycles. The molecule has 6 heteroatoms. The number of nitrogens with zero attached hydrogens (tertiary/aromatic N) is 1. The number of hydrogen-bond donors (Lipinski definition) is 1. The van der Waals surface area contributed by atoms with Crippen molar-refractivity contribution < 1.29 is 12.8 Å². The van der Waals surface area contributed by atoms with Crippen molar-refractivity contribution in [3.8, 4) is 0 Å². The SMILES string of the molecule is NS(=O)(=O)c1ccc(C2CC2c2cnc3occc3c2)cc1. The number of furan rings is 1. The molecule has 4 rings (SSSR count). The number of primary sulfonamides is 1. The van der Waals surface area contributed by atoms with Crippen LogP contribution in [-0.4, -0.2) is 13.4 Å². The molecular weight excluding hydrogens is 300 g/mol. The Bertz CT molecular complexity index is 945. The first-order valence-corrected chi connectivity index (χ1v) is 8.53. The van der Waals surface area contributed by atoms with Gasteiger partial charge in [0.2, 0.25) is 15.7 Å². The number of nitrogens with two attached hydrogens (primary N) is 1. The average molecular weight is 314 g/mol. The van der Waals surface area contributed by atoms with E-state index in [1.807, 2.05) is 24.4 Å². The van der Waals surface area contributed by atoms with Crippen LogP contribution in [0, 0.1) is 0 Å². The van der Waals surface area contributed by atoms with Crippen molar-refractivity contribution in [2.24, 2.45) is 5.14 Å². The Balaban J connectivity index is 1.58. The van der Waals surface area contributed by atoms with Gasteiger partial charge in [0.25, 0.3) is 0 Å². The monoisotopic (exact) mass is 314 g/mol. The Morgan fingerprint density at radius 2 is 1.82 bits per heavy atom. The summed E-state index contributed by atoms with van der Waals surface area (Å²) in [6.45, 7) is 0. The molecular formula is C16H14N2O3S. The minimum absolute atomic E-state index is 0.148. The Labute approximate surface area is 127 Å². The van der Waals surface area contributed by atoms with Gasteiger partial charge in [-0.25, -0.2) is 18.5 Å². The quantitative estimate of drug-likeness (QED) is 0.805. The van der Waals surface area contributed by atoms with E-state index in [0.29, 0.717) is 17.5 Å². The maximum atomic E-state index is 11.3. The van der Waals surface area contributed by atoms with Crippen LogP contribution < -0.4 is 5.14 Å². The third kappa shape index (κ3) is 2.30. The predicted octanol–water partition coefficient (Wildman–Crippen LogP) is 2.75. The summed E-state index contributed by atoms with van der Waals surface area (Å²) in [7, 11) is -3.63. The molecule has 0 bridgehead atoms. The van der Waals surface area contributed by atoms with E-state index < -0.39 is 10.0 Å². The van der Waals surface area contributed by atoms with Crippen molar-refractivity contribution in [3.05, 3.63) is 60.0 Å². The number of hydrogen-bond acceptors (Lipinski definition) is 4. The lowest BCUT2D eigenvalue weighted by Gasteiger charge is -2.03. The fourth-order valence-corrected chi connectivity index (χ4v) is 3.43. The fourth-order valence-electron chi connectivity index (χ4n) is 2.92. The van der Waals surface area contributed by atoms with E-state index in [2.05, 4.69) is 11.1 Å². The third-order valence-electron chi connectivity index (χ3n) is 4.18. The lowest BCUT2D eigenvalue weighted by atomic mass is 10.1. The van der Waals surface area contributed by atoms with E-state index in [1.54, 1.807) is 18.4 Å². The lowest BCUT2D eigenvalue weighted by molar-refractivity contribution is 0.597. The summed E-state index contributed by atoms with van der Waals surface area (Å²) < 4.78 is 27.8. The molecule has 0 amide bonds. The van der Waals surface area contributed by atoms with E-state index in [4.69, 9.17) is 9.56 Å². The second-order valence-corrected chi connectivity index (χ2v) is 7.21. The number of fused-ring (bicyclic) bond motifs is 1. The van der Waals surface area contributed by atoms with Gasteiger partial charge in [-0.3, -0.25) is 0 Å². The first-order chi connectivity index (χ1) is 10.5. The molecule has 3 aromatic rings. The molecule has 1 aromatic carbocycles. The standard InChI is InChI=1S/C16H14N2O3S/c17-22(19,20)13-3-1-10(2-4-13)14-8-15(14)12-7-11-5-6-21-16(11)18-9-12/h1-7,9,14-15H,8H2,(H2,17,19,20). The predicted molar refractivity (Wildman–Crippen MR) is 81.9 cm³/mol. The molecule has 1 aliphatic rings. The van der Waals surface area contributed by atoms with E-state index in [1.165, 1.54) is 5.56 Å². The second-order valence-electron chi connectivity index (χ2n) is 5.65. The van der Waals surface area contributed by atoms with Crippen LogP contribution in [-0.2, 0) is 10.0 Å². The zero-order valence-electron chi connectivity index (χ0n) is 11.6. The van der Waals surface area contributed by atoms with Crippen LogP contribution >= 0.6 is 0 Å². The summed E-state index contributed by atoms with van der Waals surface area (Å²) in [6.07, 6.45) is 4.53. The first kappa shape index (κ1) is 13.5. The molecule has 0 radical (unpaired) electrons. The summed E-state index contributed by atoms with van der Waals surface area (Å²) in [5.74, 6) is 0.827. The van der Waals surface area contributed by atoms with Crippen molar-refractivity contribution in [1.29, 1.82) is 0 Å². The van der Waals surface area contributed by atoms with Gasteiger partial charge in [0.15, 0.2) is 0 Å². The van der Waals surface area contributed by atoms with Gasteiger partial charge in [-0.15, -0.1) is 0 Å². The molecule has 0 saturated heterocycles. The van der Waals surface area contributed by atoms with Crippen molar-refractivity contribution in [2.45, 2.75) is 23.2 Å². The van der Waals surface area contributed by atoms with Crippen molar-refractivity contribution in [3.63, 3.8) is 0 Å². The largest absolute Gasteiger partial charge is 0.446 e. The van der Waals surface area contributed by atoms with Gasteiger partial charge < -0.3 is 4.42 Å². The smallest absolute Gasteiger partial charge is 0.238 e. The van der Waals surface area contributed by atoms with Crippen LogP contribution in [0.25, 0.3) is 11.1 Å². The summed E-state index contributed by atoms with van der Waals surface area (Å²) in [4.78, 5) is 4.46. The van der Waals surface area contributed by atoms with Gasteiger partial charge in [0, 0.05) is 11.6 Å². The van der Waals surface area contributed by atoms with E-state index >= 15 is 0 Å². The Hall–Kier alpha value is -2.18. The average Bonchev–Trinajstić information content (AvgIpc) is 3.16. The van der Waals surface area contributed by atoms with Crippen LogP contribution in [0.2, 0.25) is 0 Å². The molecule has 2 N–H and O–H groups in total. The van der Waals surface area contributed by atoms with Crippen LogP contribution in [0.15, 0.2) is 58.2 Å². The van der Waals surface area contributed by atoms with Gasteiger partial charge in [-0.2, -0.15) is 0 Å². The van der Waals surface area contributed by atoms with E-state index in [-0.39, 0.29) is 4.90 Å². The maximum Gasteiger partial charge on any atom is 0.238 e. The van der Waals surface area contributed by atoms with Gasteiger partial charge in [-0.05, 0) is 53.6 Å². The Morgan fingerprint density at radius 3 is 2.55 bits per heavy atom. The van der Waals surface area contributed by atoms with Crippen molar-refractivity contribution >= 4 is 21.1 Å². The number of aromatic nitrogens is 1. The molecule has 0 aliphatic heterocycles. The van der Waals surface area contributed by atoms with Crippen LogP contribution in [0.1, 0.15) is 29.4 Å². The van der Waals surface area contributed by atoms with Crippen molar-refractivity contribution in [1.82, 2.24) is 4.98 Å². The van der Waals surface area contributed by atoms with E-state index in [0.717, 1.165) is 17.4 Å². The third-order valence-corrected chi connectivity index (χ3v) is 5.11. The Kier molecular flexibility index (Phi) is 2.85. The number of pyridine rings is 1. The van der Waals surface area contributed by atoms with Crippen molar-refractivity contribution in [2.75, 3.05) is 0 Å². The first-order valence-electron chi connectivity index (χ1n) is 6.98. The number of benzene rings is 1. The molecule has 1 fully saturated rings. The summed E-state index contributed by atoms with van der Waals surface area (Å²) in [5.41, 5.74) is 2.97. The number of rotatable bonds is 3. The van der Waals surface area contributed by atoms with E-state index in [9.17, 15) is 8.42 Å². The topological polar surface area (TPSA) is 86.2 Å². The second kappa shape index (κ2) is 4.66. The molecule has 1 aliphatic carbocycles. The molecule has 22 heavy (non-hydrogen) atoms. The number of sulfonamides is 1. The molecule has 2 atom stereocenters. The van der Waals surface area contributed by atoms with Gasteiger partial charge in [-0.1, -0.05) is 12.1 Å². The molecule has 2 aromatic heterocycles. The zero-order chi connectivity index (χ0) is 15.3. The highest BCUT2D eigenvalue weighted by atomic mass is 32.2. The summed E-state index contributed by atoms with van der Waals surface area (Å²) in [6, 6.07) is 10.8. The fraction of sp³-hybridized carbons (Fsp3) is 0.188. The van der Waals surface area contributed by atoms with Gasteiger partial charge >= 0.3 is 0 Å². The molecule has 0 spiro atoms. The van der Waals surface area contributed by atoms with Gasteiger partial charge in [0.05, 0.1) is 11.2 Å². The minimum atomic E-state index is -3.63. The summed E-state index contributed by atoms with van der Waals surface area (Å²) >= 11 is 0. The van der Waals surface area contributed by atoms with Gasteiger partial charge in [0.1, 0.15) is 0 Å². The molecule has 112 valence electrons. The van der Waals surface area contributed by atoms with Crippen LogP contribution in [0.5, 0.6) is 0 Å². The zero-order valence-corrected chi connectivity index (χ0v) is 12.5. The highest BCUT2D eigenvalue weighted by Crippen LogP contribution is 2.54. The summed E-state index contributed by atoms with van der Waals surface area (Å²) in [5, 5.41) is 6.12. The minimum Gasteiger partial charge on any atom is -0.446 e. The Morgan fingerprint density at radius 1 is 1.09 bits per heavy atom. The highest BCUT2D eigenvalue weighted by molar-refractivity contribution is 7.89. The molecule has 5 nitrogen and oxygen atoms in total. The normalized spacial score (nSPS) is 21.1. The molecule has 2 unspecified atom stereocenters. The molecule has 2 heterocycles. The lowest BCUT2D eigenvalue weighted by Crippen LogP contribution is -2.11. The maximum absolute atomic E-state index is 11.3. The van der Waals surface area contributed by atoms with Crippen LogP contribution in [0.3, 0.4) is 0 Å².